The van der Waals surface area contributed by atoms with Crippen LogP contribution in [-0.2, 0) is 32.1 Å². The highest BCUT2D eigenvalue weighted by molar-refractivity contribution is 6.32. The predicted molar refractivity (Wildman–Crippen MR) is 154 cm³/mol. The SMILES string of the molecule is CN(C)CCN(C)Cc1ccc(-c2ccc(O)c3c2C[C@H]2C[C@H]4[C@H](N(C)C)C(=O)C(C(N)=O)C(=O)[C@@]4(O)C(=O)C2C3=O)o1. The molecule has 12 heteroatoms. The number of ketones is 4. The Balaban J connectivity index is 1.53. The van der Waals surface area contributed by atoms with Crippen LogP contribution < -0.4 is 5.73 Å². The number of phenolic OH excluding ortho intramolecular Hbond substituents is 1. The number of primary amides is 1. The van der Waals surface area contributed by atoms with E-state index in [4.69, 9.17) is 10.2 Å². The maximum Gasteiger partial charge on any atom is 0.235 e. The molecule has 0 saturated heterocycles. The van der Waals surface area contributed by atoms with Crippen LogP contribution in [0.4, 0.5) is 0 Å². The van der Waals surface area contributed by atoms with Gasteiger partial charge in [-0.1, -0.05) is 0 Å². The van der Waals surface area contributed by atoms with Crippen LogP contribution in [0.15, 0.2) is 28.7 Å². The van der Waals surface area contributed by atoms with E-state index < -0.39 is 64.4 Å². The van der Waals surface area contributed by atoms with E-state index in [1.165, 1.54) is 11.0 Å². The van der Waals surface area contributed by atoms with Gasteiger partial charge in [-0.2, -0.15) is 0 Å². The minimum absolute atomic E-state index is 0.0148. The molecule has 2 aromatic rings. The molecule has 1 aromatic heterocycles. The van der Waals surface area contributed by atoms with E-state index in [0.717, 1.165) is 13.1 Å². The molecule has 12 nitrogen and oxygen atoms in total. The molecule has 230 valence electrons. The summed E-state index contributed by atoms with van der Waals surface area (Å²) in [6.07, 6.45) is 0.146. The first-order chi connectivity index (χ1) is 20.2. The topological polar surface area (TPSA) is 175 Å². The summed E-state index contributed by atoms with van der Waals surface area (Å²) in [5.74, 6) is -9.52. The number of benzene rings is 1. The summed E-state index contributed by atoms with van der Waals surface area (Å²) >= 11 is 0. The molecule has 2 unspecified atom stereocenters. The van der Waals surface area contributed by atoms with Gasteiger partial charge in [0.05, 0.1) is 24.1 Å². The lowest BCUT2D eigenvalue weighted by atomic mass is 9.52. The zero-order valence-electron chi connectivity index (χ0n) is 25.0. The summed E-state index contributed by atoms with van der Waals surface area (Å²) in [6.45, 7) is 2.27. The fraction of sp³-hybridized carbons (Fsp3) is 0.516. The van der Waals surface area contributed by atoms with Crippen LogP contribution in [0.25, 0.3) is 11.3 Å². The Morgan fingerprint density at radius 2 is 1.72 bits per heavy atom. The van der Waals surface area contributed by atoms with Gasteiger partial charge >= 0.3 is 0 Å². The molecule has 3 aliphatic carbocycles. The number of phenols is 1. The Hall–Kier alpha value is -3.71. The zero-order chi connectivity index (χ0) is 31.5. The van der Waals surface area contributed by atoms with Crippen molar-refractivity contribution in [1.82, 2.24) is 14.7 Å². The molecule has 1 heterocycles. The molecule has 0 spiro atoms. The van der Waals surface area contributed by atoms with Crippen LogP contribution in [0.3, 0.4) is 0 Å². The molecule has 2 fully saturated rings. The van der Waals surface area contributed by atoms with Gasteiger partial charge in [-0.15, -0.1) is 0 Å². The quantitative estimate of drug-likeness (QED) is 0.354. The average molecular weight is 595 g/mol. The van der Waals surface area contributed by atoms with Crippen molar-refractivity contribution in [3.63, 3.8) is 0 Å². The Labute approximate surface area is 249 Å². The second-order valence-corrected chi connectivity index (χ2v) is 12.6. The molecule has 4 N–H and O–H groups in total. The third kappa shape index (κ3) is 4.92. The van der Waals surface area contributed by atoms with Gasteiger partial charge in [0.2, 0.25) is 5.91 Å². The number of amides is 1. The normalized spacial score (nSPS) is 28.8. The maximum absolute atomic E-state index is 14.0. The first kappa shape index (κ1) is 30.7. The molecule has 0 aliphatic heterocycles. The number of carbonyl (C=O) groups excluding carboxylic acids is 5. The number of fused-ring (bicyclic) bond motifs is 3. The van der Waals surface area contributed by atoms with Crippen molar-refractivity contribution in [1.29, 1.82) is 0 Å². The van der Waals surface area contributed by atoms with Crippen molar-refractivity contribution in [2.75, 3.05) is 48.3 Å². The van der Waals surface area contributed by atoms with E-state index in [-0.39, 0.29) is 24.2 Å². The number of furan rings is 1. The minimum Gasteiger partial charge on any atom is -0.507 e. The highest BCUT2D eigenvalue weighted by atomic mass is 16.3. The molecule has 43 heavy (non-hydrogen) atoms. The van der Waals surface area contributed by atoms with Gasteiger partial charge < -0.3 is 25.3 Å². The number of aliphatic hydroxyl groups is 1. The predicted octanol–water partition coefficient (Wildman–Crippen LogP) is 0.120. The van der Waals surface area contributed by atoms with Crippen molar-refractivity contribution in [2.24, 2.45) is 29.4 Å². The van der Waals surface area contributed by atoms with Crippen LogP contribution in [0, 0.1) is 23.7 Å². The van der Waals surface area contributed by atoms with Gasteiger partial charge in [-0.25, -0.2) is 0 Å². The van der Waals surface area contributed by atoms with Crippen molar-refractivity contribution in [2.45, 2.75) is 31.0 Å². The highest BCUT2D eigenvalue weighted by Gasteiger charge is 2.69. The molecule has 1 amide bonds. The first-order valence-corrected chi connectivity index (χ1v) is 14.3. The lowest BCUT2D eigenvalue weighted by Gasteiger charge is -2.52. The summed E-state index contributed by atoms with van der Waals surface area (Å²) in [5.41, 5.74) is 3.64. The van der Waals surface area contributed by atoms with Crippen LogP contribution >= 0.6 is 0 Å². The Kier molecular flexibility index (Phi) is 7.93. The standard InChI is InChI=1S/C31H38N4O8/c1-33(2)10-11-35(5)14-16-6-9-21(43-16)17-7-8-20(36)23-18(17)12-15-13-19-25(34(3)4)27(38)24(30(32)41)29(40)31(19,42)28(39)22(15)26(23)37/h6-9,15,19,22,24-25,36,42H,10-14H2,1-5H3,(H2,32,41)/t15-,19-,22?,24?,25-,31-/m0/s1. The maximum atomic E-state index is 14.0. The number of Topliss-reactive ketones (excluding diaryl/α,β-unsaturated/α-hetero) is 4. The molecular weight excluding hydrogens is 556 g/mol. The van der Waals surface area contributed by atoms with Crippen LogP contribution in [0.5, 0.6) is 5.75 Å². The van der Waals surface area contributed by atoms with Crippen molar-refractivity contribution in [3.8, 4) is 17.1 Å². The average Bonchev–Trinajstić information content (AvgIpc) is 3.37. The molecule has 6 atom stereocenters. The first-order valence-electron chi connectivity index (χ1n) is 14.3. The van der Waals surface area contributed by atoms with Crippen molar-refractivity contribution in [3.05, 3.63) is 41.2 Å². The number of rotatable bonds is 8. The molecule has 3 aliphatic rings. The summed E-state index contributed by atoms with van der Waals surface area (Å²) in [5, 5.41) is 22.5. The lowest BCUT2D eigenvalue weighted by Crippen LogP contribution is -2.74. The van der Waals surface area contributed by atoms with Gasteiger partial charge in [0, 0.05) is 24.6 Å². The number of nitrogens with two attached hydrogens (primary N) is 1. The summed E-state index contributed by atoms with van der Waals surface area (Å²) in [4.78, 5) is 72.4. The monoisotopic (exact) mass is 594 g/mol. The Morgan fingerprint density at radius 3 is 2.35 bits per heavy atom. The van der Waals surface area contributed by atoms with Gasteiger partial charge in [0.25, 0.3) is 0 Å². The third-order valence-electron chi connectivity index (χ3n) is 9.23. The van der Waals surface area contributed by atoms with E-state index in [9.17, 15) is 34.2 Å². The smallest absolute Gasteiger partial charge is 0.235 e. The third-order valence-corrected chi connectivity index (χ3v) is 9.23. The summed E-state index contributed by atoms with van der Waals surface area (Å²) < 4.78 is 6.16. The Morgan fingerprint density at radius 1 is 1.02 bits per heavy atom. The van der Waals surface area contributed by atoms with Crippen LogP contribution in [0.2, 0.25) is 0 Å². The van der Waals surface area contributed by atoms with Gasteiger partial charge in [0.1, 0.15) is 17.3 Å². The summed E-state index contributed by atoms with van der Waals surface area (Å²) in [7, 11) is 9.10. The fourth-order valence-electron chi connectivity index (χ4n) is 7.16. The number of carbonyl (C=O) groups is 5. The molecule has 1 aromatic carbocycles. The molecule has 2 saturated carbocycles. The van der Waals surface area contributed by atoms with E-state index in [1.807, 2.05) is 27.2 Å². The number of hydrogen-bond donors (Lipinski definition) is 3. The van der Waals surface area contributed by atoms with Gasteiger partial charge in [-0.3, -0.25) is 33.8 Å². The lowest BCUT2D eigenvalue weighted by molar-refractivity contribution is -0.181. The van der Waals surface area contributed by atoms with Crippen LogP contribution in [-0.4, -0.2) is 114 Å². The molecule has 0 radical (unpaired) electrons. The number of nitrogens with zero attached hydrogens (tertiary/aromatic N) is 3. The Bertz CT molecular complexity index is 1510. The zero-order valence-corrected chi connectivity index (χ0v) is 25.0. The van der Waals surface area contributed by atoms with E-state index in [0.29, 0.717) is 29.2 Å². The summed E-state index contributed by atoms with van der Waals surface area (Å²) in [6, 6.07) is 5.53. The minimum atomic E-state index is -2.75. The van der Waals surface area contributed by atoms with Crippen molar-refractivity contribution < 1.29 is 38.6 Å². The second-order valence-electron chi connectivity index (χ2n) is 12.6. The molecule has 0 bridgehead atoms. The fourth-order valence-corrected chi connectivity index (χ4v) is 7.16. The number of hydrogen-bond acceptors (Lipinski definition) is 11. The van der Waals surface area contributed by atoms with Crippen LogP contribution in [0.1, 0.15) is 28.1 Å². The highest BCUT2D eigenvalue weighted by Crippen LogP contribution is 2.51. The van der Waals surface area contributed by atoms with Crippen molar-refractivity contribution >= 4 is 29.0 Å². The largest absolute Gasteiger partial charge is 0.507 e. The van der Waals surface area contributed by atoms with E-state index in [2.05, 4.69) is 9.80 Å². The second kappa shape index (κ2) is 11.1. The molecular formula is C31H38N4O8. The number of likely N-dealkylation sites (N-methyl/N-ethyl adjacent to an activating group) is 3. The van der Waals surface area contributed by atoms with E-state index in [1.54, 1.807) is 26.2 Å². The van der Waals surface area contributed by atoms with E-state index >= 15 is 0 Å². The molecule has 5 rings (SSSR count). The number of aromatic hydroxyl groups is 1. The van der Waals surface area contributed by atoms with Gasteiger partial charge in [0.15, 0.2) is 34.7 Å². The van der Waals surface area contributed by atoms with Gasteiger partial charge in [-0.05, 0) is 83.8 Å².